The number of rotatable bonds is 3. The summed E-state index contributed by atoms with van der Waals surface area (Å²) in [5.41, 5.74) is 0.0249. The lowest BCUT2D eigenvalue weighted by molar-refractivity contribution is -0.136. The van der Waals surface area contributed by atoms with Crippen molar-refractivity contribution in [1.82, 2.24) is 10.2 Å². The van der Waals surface area contributed by atoms with Crippen molar-refractivity contribution in [3.8, 4) is 0 Å². The van der Waals surface area contributed by atoms with Gasteiger partial charge in [-0.05, 0) is 25.1 Å². The first-order valence-electron chi connectivity index (χ1n) is 7.70. The standard InChI is InChI=1S/C16H19F2N3O2/c1-20(12-4-5-19-8-12)16(23)10-6-15(22)21(9-10)14-3-2-11(17)7-13(14)18/h2-3,7,10,12,19H,4-6,8-9H2,1H3/t10-,12-/m1/s1. The van der Waals surface area contributed by atoms with Crippen LogP contribution in [0.4, 0.5) is 14.5 Å². The third-order valence-corrected chi connectivity index (χ3v) is 4.60. The van der Waals surface area contributed by atoms with Crippen molar-refractivity contribution in [2.75, 3.05) is 31.6 Å². The average Bonchev–Trinajstić information content (AvgIpc) is 3.16. The van der Waals surface area contributed by atoms with Gasteiger partial charge in [-0.3, -0.25) is 9.59 Å². The van der Waals surface area contributed by atoms with Crippen LogP contribution in [0.25, 0.3) is 0 Å². The van der Waals surface area contributed by atoms with Crippen LogP contribution in [-0.2, 0) is 9.59 Å². The van der Waals surface area contributed by atoms with Crippen molar-refractivity contribution in [2.24, 2.45) is 5.92 Å². The smallest absolute Gasteiger partial charge is 0.228 e. The lowest BCUT2D eigenvalue weighted by Gasteiger charge is -2.26. The van der Waals surface area contributed by atoms with Gasteiger partial charge in [-0.15, -0.1) is 0 Å². The summed E-state index contributed by atoms with van der Waals surface area (Å²) in [7, 11) is 1.74. The number of nitrogens with zero attached hydrogens (tertiary/aromatic N) is 2. The summed E-state index contributed by atoms with van der Waals surface area (Å²) in [6.07, 6.45) is 0.944. The molecular weight excluding hydrogens is 304 g/mol. The number of nitrogens with one attached hydrogen (secondary N) is 1. The van der Waals surface area contributed by atoms with Gasteiger partial charge in [0.15, 0.2) is 0 Å². The van der Waals surface area contributed by atoms with E-state index in [-0.39, 0.29) is 36.5 Å². The molecule has 7 heteroatoms. The molecule has 0 saturated carbocycles. The highest BCUT2D eigenvalue weighted by molar-refractivity contribution is 6.00. The van der Waals surface area contributed by atoms with Crippen LogP contribution in [0.3, 0.4) is 0 Å². The third kappa shape index (κ3) is 3.06. The van der Waals surface area contributed by atoms with Gasteiger partial charge in [-0.25, -0.2) is 8.78 Å². The zero-order valence-electron chi connectivity index (χ0n) is 12.9. The molecular formula is C16H19F2N3O2. The molecule has 2 fully saturated rings. The Balaban J connectivity index is 1.72. The van der Waals surface area contributed by atoms with Gasteiger partial charge in [-0.2, -0.15) is 0 Å². The van der Waals surface area contributed by atoms with Crippen molar-refractivity contribution in [3.05, 3.63) is 29.8 Å². The molecule has 2 aliphatic heterocycles. The van der Waals surface area contributed by atoms with Gasteiger partial charge in [0.1, 0.15) is 11.6 Å². The molecule has 0 spiro atoms. The fourth-order valence-corrected chi connectivity index (χ4v) is 3.24. The number of amides is 2. The molecule has 2 aliphatic rings. The fourth-order valence-electron chi connectivity index (χ4n) is 3.24. The Morgan fingerprint density at radius 1 is 1.39 bits per heavy atom. The molecule has 23 heavy (non-hydrogen) atoms. The van der Waals surface area contributed by atoms with Crippen molar-refractivity contribution in [1.29, 1.82) is 0 Å². The predicted molar refractivity (Wildman–Crippen MR) is 80.9 cm³/mol. The van der Waals surface area contributed by atoms with Crippen LogP contribution in [0.5, 0.6) is 0 Å². The molecule has 2 saturated heterocycles. The normalized spacial score (nSPS) is 24.3. The van der Waals surface area contributed by atoms with Gasteiger partial charge in [0.2, 0.25) is 11.8 Å². The number of likely N-dealkylation sites (N-methyl/N-ethyl adjacent to an activating group) is 1. The summed E-state index contributed by atoms with van der Waals surface area (Å²) in [6, 6.07) is 3.22. The number of carbonyl (C=O) groups excluding carboxylic acids is 2. The molecule has 124 valence electrons. The van der Waals surface area contributed by atoms with Crippen molar-refractivity contribution >= 4 is 17.5 Å². The van der Waals surface area contributed by atoms with Gasteiger partial charge in [0.05, 0.1) is 11.6 Å². The first-order valence-corrected chi connectivity index (χ1v) is 7.70. The van der Waals surface area contributed by atoms with Crippen LogP contribution in [0.15, 0.2) is 18.2 Å². The largest absolute Gasteiger partial charge is 0.341 e. The molecule has 0 aliphatic carbocycles. The van der Waals surface area contributed by atoms with Crippen molar-refractivity contribution in [2.45, 2.75) is 18.9 Å². The quantitative estimate of drug-likeness (QED) is 0.907. The van der Waals surface area contributed by atoms with Crippen LogP contribution in [0.1, 0.15) is 12.8 Å². The molecule has 2 heterocycles. The van der Waals surface area contributed by atoms with Crippen LogP contribution in [-0.4, -0.2) is 49.4 Å². The van der Waals surface area contributed by atoms with E-state index in [1.807, 2.05) is 0 Å². The Morgan fingerprint density at radius 3 is 2.83 bits per heavy atom. The van der Waals surface area contributed by atoms with E-state index < -0.39 is 17.6 Å². The second kappa shape index (κ2) is 6.23. The second-order valence-corrected chi connectivity index (χ2v) is 6.10. The minimum atomic E-state index is -0.792. The SMILES string of the molecule is CN(C(=O)[C@@H]1CC(=O)N(c2ccc(F)cc2F)C1)[C@@H]1CCNC1. The summed E-state index contributed by atoms with van der Waals surface area (Å²) in [4.78, 5) is 27.6. The number of halogens is 2. The Hall–Kier alpha value is -2.02. The Bertz CT molecular complexity index is 632. The predicted octanol–water partition coefficient (Wildman–Crippen LogP) is 1.14. The summed E-state index contributed by atoms with van der Waals surface area (Å²) in [5.74, 6) is -2.39. The summed E-state index contributed by atoms with van der Waals surface area (Å²) < 4.78 is 26.9. The minimum Gasteiger partial charge on any atom is -0.341 e. The molecule has 0 bridgehead atoms. The van der Waals surface area contributed by atoms with E-state index in [0.717, 1.165) is 31.6 Å². The second-order valence-electron chi connectivity index (χ2n) is 6.10. The molecule has 3 rings (SSSR count). The molecule has 1 aromatic rings. The molecule has 2 amide bonds. The molecule has 1 aromatic carbocycles. The molecule has 0 aromatic heterocycles. The third-order valence-electron chi connectivity index (χ3n) is 4.60. The highest BCUT2D eigenvalue weighted by atomic mass is 19.1. The number of anilines is 1. The van der Waals surface area contributed by atoms with E-state index in [4.69, 9.17) is 0 Å². The monoisotopic (exact) mass is 323 g/mol. The van der Waals surface area contributed by atoms with Gasteiger partial charge in [0.25, 0.3) is 0 Å². The molecule has 0 radical (unpaired) electrons. The van der Waals surface area contributed by atoms with Crippen LogP contribution >= 0.6 is 0 Å². The molecule has 1 N–H and O–H groups in total. The Kier molecular flexibility index (Phi) is 4.30. The van der Waals surface area contributed by atoms with E-state index in [1.165, 1.54) is 11.0 Å². The van der Waals surface area contributed by atoms with Crippen LogP contribution in [0, 0.1) is 17.6 Å². The van der Waals surface area contributed by atoms with Gasteiger partial charge >= 0.3 is 0 Å². The van der Waals surface area contributed by atoms with E-state index in [0.29, 0.717) is 0 Å². The zero-order valence-corrected chi connectivity index (χ0v) is 12.9. The maximum Gasteiger partial charge on any atom is 0.228 e. The fraction of sp³-hybridized carbons (Fsp3) is 0.500. The summed E-state index contributed by atoms with van der Waals surface area (Å²) in [6.45, 7) is 1.75. The number of hydrogen-bond acceptors (Lipinski definition) is 3. The van der Waals surface area contributed by atoms with Crippen molar-refractivity contribution < 1.29 is 18.4 Å². The van der Waals surface area contributed by atoms with E-state index in [1.54, 1.807) is 11.9 Å². The Labute approximate surface area is 133 Å². The number of hydrogen-bond donors (Lipinski definition) is 1. The lowest BCUT2D eigenvalue weighted by Crippen LogP contribution is -2.42. The lowest BCUT2D eigenvalue weighted by atomic mass is 10.1. The summed E-state index contributed by atoms with van der Waals surface area (Å²) in [5, 5.41) is 3.20. The van der Waals surface area contributed by atoms with Crippen molar-refractivity contribution in [3.63, 3.8) is 0 Å². The van der Waals surface area contributed by atoms with Gasteiger partial charge < -0.3 is 15.1 Å². The number of carbonyl (C=O) groups is 2. The highest BCUT2D eigenvalue weighted by Crippen LogP contribution is 2.29. The average molecular weight is 323 g/mol. The first-order chi connectivity index (χ1) is 11.0. The molecule has 5 nitrogen and oxygen atoms in total. The summed E-state index contributed by atoms with van der Waals surface area (Å²) >= 11 is 0. The van der Waals surface area contributed by atoms with E-state index in [2.05, 4.69) is 5.32 Å². The molecule has 0 unspecified atom stereocenters. The first kappa shape index (κ1) is 15.9. The van der Waals surface area contributed by atoms with Crippen LogP contribution in [0.2, 0.25) is 0 Å². The van der Waals surface area contributed by atoms with Gasteiger partial charge in [-0.1, -0.05) is 0 Å². The van der Waals surface area contributed by atoms with E-state index >= 15 is 0 Å². The maximum absolute atomic E-state index is 13.9. The van der Waals surface area contributed by atoms with E-state index in [9.17, 15) is 18.4 Å². The number of benzene rings is 1. The topological polar surface area (TPSA) is 52.7 Å². The zero-order chi connectivity index (χ0) is 16.6. The highest BCUT2D eigenvalue weighted by Gasteiger charge is 2.39. The van der Waals surface area contributed by atoms with Gasteiger partial charge in [0, 0.05) is 38.7 Å². The molecule has 2 atom stereocenters. The maximum atomic E-state index is 13.9. The minimum absolute atomic E-state index is 0.0249. The Morgan fingerprint density at radius 2 is 2.17 bits per heavy atom. The van der Waals surface area contributed by atoms with Crippen LogP contribution < -0.4 is 10.2 Å².